The van der Waals surface area contributed by atoms with Gasteiger partial charge in [-0.2, -0.15) is 0 Å². The normalized spacial score (nSPS) is 12.9. The number of aliphatic hydroxyl groups is 1. The summed E-state index contributed by atoms with van der Waals surface area (Å²) in [5.41, 5.74) is 2.92. The molecule has 0 bridgehead atoms. The van der Waals surface area contributed by atoms with Gasteiger partial charge in [-0.1, -0.05) is 36.7 Å². The highest BCUT2D eigenvalue weighted by molar-refractivity contribution is 6.29. The molecule has 3 aromatic rings. The predicted molar refractivity (Wildman–Crippen MR) is 122 cm³/mol. The number of halogens is 2. The Morgan fingerprint density at radius 3 is 2.56 bits per heavy atom. The monoisotopic (exact) mass is 456 g/mol. The van der Waals surface area contributed by atoms with Crippen LogP contribution < -0.4 is 10.6 Å². The fraction of sp³-hybridized carbons (Fsp3) is 0.292. The number of carbonyl (C=O) groups excluding carboxylic acids is 1. The van der Waals surface area contributed by atoms with Crippen LogP contribution in [0, 0.1) is 5.82 Å². The lowest BCUT2D eigenvalue weighted by molar-refractivity contribution is 0.0950. The van der Waals surface area contributed by atoms with Crippen LogP contribution in [-0.2, 0) is 13.0 Å². The first-order valence-electron chi connectivity index (χ1n) is 10.4. The number of aliphatic hydroxyl groups excluding tert-OH is 1. The van der Waals surface area contributed by atoms with E-state index in [0.29, 0.717) is 28.4 Å². The Morgan fingerprint density at radius 2 is 1.91 bits per heavy atom. The molecule has 0 saturated carbocycles. The molecule has 2 aromatic heterocycles. The molecule has 2 unspecified atom stereocenters. The van der Waals surface area contributed by atoms with Crippen LogP contribution in [0.25, 0.3) is 0 Å². The van der Waals surface area contributed by atoms with E-state index in [4.69, 9.17) is 11.6 Å². The second kappa shape index (κ2) is 11.7. The predicted octanol–water partition coefficient (Wildman–Crippen LogP) is 3.84. The maximum absolute atomic E-state index is 13.2. The smallest absolute Gasteiger partial charge is 0.251 e. The fourth-order valence-electron chi connectivity index (χ4n) is 3.26. The Kier molecular flexibility index (Phi) is 8.67. The summed E-state index contributed by atoms with van der Waals surface area (Å²) in [6.45, 7) is 2.69. The molecular formula is C24H26ClFN4O2. The molecule has 0 aliphatic heterocycles. The Hall–Kier alpha value is -2.87. The molecule has 0 aliphatic carbocycles. The van der Waals surface area contributed by atoms with Crippen molar-refractivity contribution in [3.05, 3.63) is 94.3 Å². The molecule has 168 valence electrons. The van der Waals surface area contributed by atoms with Gasteiger partial charge in [0.05, 0.1) is 12.3 Å². The second-order valence-corrected chi connectivity index (χ2v) is 7.93. The molecule has 0 radical (unpaired) electrons. The lowest BCUT2D eigenvalue weighted by atomic mass is 10.0. The first kappa shape index (κ1) is 23.8. The van der Waals surface area contributed by atoms with Crippen LogP contribution in [0.5, 0.6) is 0 Å². The number of nitrogens with one attached hydrogen (secondary N) is 2. The van der Waals surface area contributed by atoms with Gasteiger partial charge >= 0.3 is 0 Å². The molecule has 0 fully saturated rings. The van der Waals surface area contributed by atoms with Crippen LogP contribution in [0.2, 0.25) is 5.15 Å². The van der Waals surface area contributed by atoms with Crippen molar-refractivity contribution >= 4 is 17.5 Å². The van der Waals surface area contributed by atoms with Crippen molar-refractivity contribution in [2.75, 3.05) is 6.54 Å². The van der Waals surface area contributed by atoms with E-state index in [1.165, 1.54) is 12.3 Å². The van der Waals surface area contributed by atoms with E-state index in [2.05, 4.69) is 27.5 Å². The van der Waals surface area contributed by atoms with Crippen molar-refractivity contribution < 1.29 is 14.3 Å². The van der Waals surface area contributed by atoms with Gasteiger partial charge in [-0.05, 0) is 48.2 Å². The summed E-state index contributed by atoms with van der Waals surface area (Å²) in [5.74, 6) is -0.664. The number of nitrogens with zero attached hydrogens (tertiary/aromatic N) is 2. The van der Waals surface area contributed by atoms with E-state index in [1.54, 1.807) is 30.5 Å². The first-order chi connectivity index (χ1) is 15.4. The Bertz CT molecular complexity index is 1020. The van der Waals surface area contributed by atoms with E-state index in [-0.39, 0.29) is 18.5 Å². The van der Waals surface area contributed by atoms with Crippen LogP contribution in [0.3, 0.4) is 0 Å². The average molecular weight is 457 g/mol. The molecule has 2 atom stereocenters. The van der Waals surface area contributed by atoms with Gasteiger partial charge in [0.2, 0.25) is 0 Å². The number of aromatic nitrogens is 2. The summed E-state index contributed by atoms with van der Waals surface area (Å²) >= 11 is 5.79. The van der Waals surface area contributed by atoms with Crippen LogP contribution in [-0.4, -0.2) is 33.6 Å². The zero-order chi connectivity index (χ0) is 22.9. The molecule has 3 rings (SSSR count). The quantitative estimate of drug-likeness (QED) is 0.403. The van der Waals surface area contributed by atoms with Gasteiger partial charge in [-0.15, -0.1) is 0 Å². The molecule has 1 aromatic carbocycles. The molecule has 8 heteroatoms. The van der Waals surface area contributed by atoms with Gasteiger partial charge < -0.3 is 15.7 Å². The maximum Gasteiger partial charge on any atom is 0.251 e. The van der Waals surface area contributed by atoms with Gasteiger partial charge in [0, 0.05) is 42.7 Å². The molecule has 2 heterocycles. The lowest BCUT2D eigenvalue weighted by Crippen LogP contribution is -2.34. The van der Waals surface area contributed by atoms with Crippen molar-refractivity contribution in [3.8, 4) is 0 Å². The molecule has 6 nitrogen and oxygen atoms in total. The summed E-state index contributed by atoms with van der Waals surface area (Å²) in [4.78, 5) is 20.1. The third-order valence-corrected chi connectivity index (χ3v) is 5.36. The Balaban J connectivity index is 1.49. The first-order valence-corrected chi connectivity index (χ1v) is 10.8. The number of rotatable bonds is 10. The minimum atomic E-state index is -0.673. The van der Waals surface area contributed by atoms with Crippen LogP contribution in [0.4, 0.5) is 4.39 Å². The van der Waals surface area contributed by atoms with E-state index in [9.17, 15) is 14.3 Å². The molecule has 1 amide bonds. The van der Waals surface area contributed by atoms with Crippen molar-refractivity contribution in [2.45, 2.75) is 38.5 Å². The number of hydrogen-bond donors (Lipinski definition) is 3. The number of pyridine rings is 2. The van der Waals surface area contributed by atoms with Crippen LogP contribution >= 0.6 is 11.6 Å². The Labute approximate surface area is 191 Å². The summed E-state index contributed by atoms with van der Waals surface area (Å²) < 4.78 is 13.2. The topological polar surface area (TPSA) is 87.1 Å². The van der Waals surface area contributed by atoms with Crippen LogP contribution in [0.1, 0.15) is 46.5 Å². The van der Waals surface area contributed by atoms with Gasteiger partial charge in [0.1, 0.15) is 11.0 Å². The van der Waals surface area contributed by atoms with Crippen molar-refractivity contribution in [3.63, 3.8) is 0 Å². The summed E-state index contributed by atoms with van der Waals surface area (Å²) in [6, 6.07) is 12.3. The molecule has 32 heavy (non-hydrogen) atoms. The zero-order valence-electron chi connectivity index (χ0n) is 17.8. The highest BCUT2D eigenvalue weighted by atomic mass is 35.5. The van der Waals surface area contributed by atoms with Gasteiger partial charge in [0.15, 0.2) is 0 Å². The number of benzene rings is 1. The van der Waals surface area contributed by atoms with Gasteiger partial charge in [-0.3, -0.25) is 9.78 Å². The second-order valence-electron chi connectivity index (χ2n) is 7.54. The van der Waals surface area contributed by atoms with Crippen molar-refractivity contribution in [1.82, 2.24) is 20.6 Å². The van der Waals surface area contributed by atoms with E-state index < -0.39 is 11.9 Å². The van der Waals surface area contributed by atoms with E-state index in [1.807, 2.05) is 12.1 Å². The largest absolute Gasteiger partial charge is 0.387 e. The zero-order valence-corrected chi connectivity index (χ0v) is 18.5. The standard InChI is InChI=1S/C24H26ClFN4O2/c1-2-21(28-15-22(31)19-7-8-23(25)29-13-19)10-16-3-5-18(6-4-16)24(32)30-12-17-9-20(26)14-27-11-17/h3-9,11,13-14,21-22,28,31H,2,10,12,15H2,1H3,(H,30,32). The average Bonchev–Trinajstić information content (AvgIpc) is 2.81. The fourth-order valence-corrected chi connectivity index (χ4v) is 3.37. The van der Waals surface area contributed by atoms with Crippen molar-refractivity contribution in [2.24, 2.45) is 0 Å². The highest BCUT2D eigenvalue weighted by Gasteiger charge is 2.13. The Morgan fingerprint density at radius 1 is 1.12 bits per heavy atom. The highest BCUT2D eigenvalue weighted by Crippen LogP contribution is 2.15. The minimum absolute atomic E-state index is 0.171. The number of hydrogen-bond acceptors (Lipinski definition) is 5. The van der Waals surface area contributed by atoms with Crippen molar-refractivity contribution in [1.29, 1.82) is 0 Å². The van der Waals surface area contributed by atoms with E-state index >= 15 is 0 Å². The summed E-state index contributed by atoms with van der Waals surface area (Å²) in [5, 5.41) is 16.9. The molecule has 0 aliphatic rings. The number of amides is 1. The van der Waals surface area contributed by atoms with Crippen LogP contribution in [0.15, 0.2) is 61.1 Å². The third-order valence-electron chi connectivity index (χ3n) is 5.14. The molecule has 3 N–H and O–H groups in total. The van der Waals surface area contributed by atoms with E-state index in [0.717, 1.165) is 24.6 Å². The number of carbonyl (C=O) groups is 1. The third kappa shape index (κ3) is 7.09. The molecule has 0 spiro atoms. The lowest BCUT2D eigenvalue weighted by Gasteiger charge is -2.20. The minimum Gasteiger partial charge on any atom is -0.387 e. The summed E-state index contributed by atoms with van der Waals surface area (Å²) in [6.07, 6.45) is 5.19. The molecule has 0 saturated heterocycles. The SMILES string of the molecule is CCC(Cc1ccc(C(=O)NCc2cncc(F)c2)cc1)NCC(O)c1ccc(Cl)nc1. The van der Waals surface area contributed by atoms with Gasteiger partial charge in [0.25, 0.3) is 5.91 Å². The summed E-state index contributed by atoms with van der Waals surface area (Å²) in [7, 11) is 0. The maximum atomic E-state index is 13.2. The van der Waals surface area contributed by atoms with Gasteiger partial charge in [-0.25, -0.2) is 9.37 Å². The molecular weight excluding hydrogens is 431 g/mol.